The first-order valence-electron chi connectivity index (χ1n) is 7.67. The maximum atomic E-state index is 8.83. The highest BCUT2D eigenvalue weighted by Crippen LogP contribution is 2.34. The number of nitrogens with zero attached hydrogens (tertiary/aromatic N) is 5. The summed E-state index contributed by atoms with van der Waals surface area (Å²) < 4.78 is 12.4. The molecule has 0 unspecified atom stereocenters. The zero-order valence-electron chi connectivity index (χ0n) is 14.0. The van der Waals surface area contributed by atoms with E-state index in [9.17, 15) is 0 Å². The number of ether oxygens (including phenoxy) is 2. The van der Waals surface area contributed by atoms with E-state index in [0.29, 0.717) is 17.2 Å². The lowest BCUT2D eigenvalue weighted by molar-refractivity contribution is 0.355. The third kappa shape index (κ3) is 2.74. The van der Waals surface area contributed by atoms with Crippen LogP contribution in [0.3, 0.4) is 0 Å². The summed E-state index contributed by atoms with van der Waals surface area (Å²) in [5, 5.41) is 14.3. The van der Waals surface area contributed by atoms with E-state index in [-0.39, 0.29) is 0 Å². The SMILES string of the molecule is COc1ccc(-c2nn3cc(-c4ccc(C#N)nc4)nc3s2)cc1OC. The second kappa shape index (κ2) is 6.46. The van der Waals surface area contributed by atoms with Crippen LogP contribution in [0.25, 0.3) is 26.8 Å². The summed E-state index contributed by atoms with van der Waals surface area (Å²) >= 11 is 1.48. The number of fused-ring (bicyclic) bond motifs is 1. The van der Waals surface area contributed by atoms with Crippen molar-refractivity contribution in [1.82, 2.24) is 19.6 Å². The molecule has 0 bridgehead atoms. The molecule has 4 aromatic rings. The van der Waals surface area contributed by atoms with Crippen LogP contribution in [0, 0.1) is 11.3 Å². The van der Waals surface area contributed by atoms with Gasteiger partial charge in [0.2, 0.25) is 4.96 Å². The van der Waals surface area contributed by atoms with Gasteiger partial charge in [0.25, 0.3) is 0 Å². The third-order valence-corrected chi connectivity index (χ3v) is 4.82. The second-order valence-corrected chi connectivity index (χ2v) is 6.33. The van der Waals surface area contributed by atoms with Crippen molar-refractivity contribution < 1.29 is 9.47 Å². The molecule has 0 saturated heterocycles. The zero-order chi connectivity index (χ0) is 18.1. The molecule has 4 rings (SSSR count). The van der Waals surface area contributed by atoms with Gasteiger partial charge in [0, 0.05) is 17.3 Å². The quantitative estimate of drug-likeness (QED) is 0.552. The van der Waals surface area contributed by atoms with Gasteiger partial charge in [0.1, 0.15) is 16.8 Å². The van der Waals surface area contributed by atoms with Crippen molar-refractivity contribution in [2.45, 2.75) is 0 Å². The number of pyridine rings is 1. The molecule has 0 aliphatic rings. The highest BCUT2D eigenvalue weighted by molar-refractivity contribution is 7.19. The van der Waals surface area contributed by atoms with Crippen molar-refractivity contribution in [3.05, 3.63) is 48.4 Å². The Hall–Kier alpha value is -3.44. The Balaban J connectivity index is 1.69. The summed E-state index contributed by atoms with van der Waals surface area (Å²) in [6, 6.07) is 11.2. The van der Waals surface area contributed by atoms with Gasteiger partial charge in [0.05, 0.1) is 26.1 Å². The van der Waals surface area contributed by atoms with Crippen molar-refractivity contribution in [3.63, 3.8) is 0 Å². The van der Waals surface area contributed by atoms with Crippen LogP contribution < -0.4 is 9.47 Å². The number of methoxy groups -OCH3 is 2. The van der Waals surface area contributed by atoms with E-state index >= 15 is 0 Å². The second-order valence-electron chi connectivity index (χ2n) is 5.37. The standard InChI is InChI=1S/C18H13N5O2S/c1-24-15-6-4-11(7-16(15)25-2)17-22-23-10-14(21-18(23)26-17)12-3-5-13(8-19)20-9-12/h3-7,9-10H,1-2H3. The number of nitriles is 1. The Morgan fingerprint density at radius 3 is 2.54 bits per heavy atom. The number of rotatable bonds is 4. The lowest BCUT2D eigenvalue weighted by Gasteiger charge is -2.07. The van der Waals surface area contributed by atoms with Crippen molar-refractivity contribution >= 4 is 16.3 Å². The van der Waals surface area contributed by atoms with Gasteiger partial charge < -0.3 is 9.47 Å². The fraction of sp³-hybridized carbons (Fsp3) is 0.111. The highest BCUT2D eigenvalue weighted by atomic mass is 32.1. The minimum absolute atomic E-state index is 0.378. The zero-order valence-corrected chi connectivity index (χ0v) is 14.8. The molecular weight excluding hydrogens is 350 g/mol. The molecule has 0 spiro atoms. The number of imidazole rings is 1. The summed E-state index contributed by atoms with van der Waals surface area (Å²) in [7, 11) is 3.21. The maximum absolute atomic E-state index is 8.83. The van der Waals surface area contributed by atoms with Crippen LogP contribution in [0.15, 0.2) is 42.7 Å². The first kappa shape index (κ1) is 16.1. The van der Waals surface area contributed by atoms with Gasteiger partial charge in [-0.1, -0.05) is 11.3 Å². The van der Waals surface area contributed by atoms with Crippen LogP contribution in [-0.4, -0.2) is 33.8 Å². The van der Waals surface area contributed by atoms with Crippen LogP contribution >= 0.6 is 11.3 Å². The molecule has 26 heavy (non-hydrogen) atoms. The summed E-state index contributed by atoms with van der Waals surface area (Å²) in [6.07, 6.45) is 3.49. The van der Waals surface area contributed by atoms with Crippen LogP contribution in [0.4, 0.5) is 0 Å². The van der Waals surface area contributed by atoms with Gasteiger partial charge in [0.15, 0.2) is 11.5 Å². The summed E-state index contributed by atoms with van der Waals surface area (Å²) in [6.45, 7) is 0. The molecule has 7 nitrogen and oxygen atoms in total. The van der Waals surface area contributed by atoms with E-state index < -0.39 is 0 Å². The smallest absolute Gasteiger partial charge is 0.213 e. The Morgan fingerprint density at radius 2 is 1.88 bits per heavy atom. The molecule has 0 N–H and O–H groups in total. The molecular formula is C18H13N5O2S. The lowest BCUT2D eigenvalue weighted by Crippen LogP contribution is -1.91. The summed E-state index contributed by atoms with van der Waals surface area (Å²) in [5.74, 6) is 1.33. The predicted octanol–water partition coefficient (Wildman–Crippen LogP) is 3.41. The van der Waals surface area contributed by atoms with Crippen molar-refractivity contribution in [3.8, 4) is 39.4 Å². The van der Waals surface area contributed by atoms with E-state index in [2.05, 4.69) is 15.1 Å². The number of aromatic nitrogens is 4. The molecule has 0 amide bonds. The van der Waals surface area contributed by atoms with E-state index in [4.69, 9.17) is 14.7 Å². The number of hydrogen-bond donors (Lipinski definition) is 0. The topological polar surface area (TPSA) is 85.3 Å². The minimum atomic E-state index is 0.378. The van der Waals surface area contributed by atoms with Crippen molar-refractivity contribution in [1.29, 1.82) is 5.26 Å². The van der Waals surface area contributed by atoms with Gasteiger partial charge in [-0.25, -0.2) is 14.5 Å². The van der Waals surface area contributed by atoms with E-state index in [1.807, 2.05) is 36.5 Å². The fourth-order valence-electron chi connectivity index (χ4n) is 2.54. The van der Waals surface area contributed by atoms with E-state index in [1.54, 1.807) is 31.0 Å². The minimum Gasteiger partial charge on any atom is -0.493 e. The van der Waals surface area contributed by atoms with Gasteiger partial charge in [-0.3, -0.25) is 0 Å². The van der Waals surface area contributed by atoms with Gasteiger partial charge in [-0.05, 0) is 30.3 Å². The Kier molecular flexibility index (Phi) is 3.99. The molecule has 0 fully saturated rings. The average molecular weight is 363 g/mol. The molecule has 0 aliphatic heterocycles. The Morgan fingerprint density at radius 1 is 1.08 bits per heavy atom. The van der Waals surface area contributed by atoms with Crippen LogP contribution in [0.1, 0.15) is 5.69 Å². The van der Waals surface area contributed by atoms with Crippen LogP contribution in [-0.2, 0) is 0 Å². The highest BCUT2D eigenvalue weighted by Gasteiger charge is 2.13. The molecule has 0 aliphatic carbocycles. The van der Waals surface area contributed by atoms with E-state index in [0.717, 1.165) is 26.8 Å². The summed E-state index contributed by atoms with van der Waals surface area (Å²) in [5.41, 5.74) is 2.91. The molecule has 0 radical (unpaired) electrons. The largest absolute Gasteiger partial charge is 0.493 e. The molecule has 0 atom stereocenters. The van der Waals surface area contributed by atoms with E-state index in [1.165, 1.54) is 11.3 Å². The predicted molar refractivity (Wildman–Crippen MR) is 97.4 cm³/mol. The fourth-order valence-corrected chi connectivity index (χ4v) is 3.41. The van der Waals surface area contributed by atoms with Crippen molar-refractivity contribution in [2.75, 3.05) is 14.2 Å². The molecule has 0 saturated carbocycles. The molecule has 3 aromatic heterocycles. The molecule has 1 aromatic carbocycles. The van der Waals surface area contributed by atoms with Gasteiger partial charge >= 0.3 is 0 Å². The lowest BCUT2D eigenvalue weighted by atomic mass is 10.2. The number of benzene rings is 1. The Bertz CT molecular complexity index is 1090. The Labute approximate surface area is 153 Å². The first-order valence-corrected chi connectivity index (χ1v) is 8.48. The molecule has 8 heteroatoms. The van der Waals surface area contributed by atoms with Gasteiger partial charge in [-0.2, -0.15) is 10.4 Å². The first-order chi connectivity index (χ1) is 12.7. The third-order valence-electron chi connectivity index (χ3n) is 3.85. The van der Waals surface area contributed by atoms with Crippen molar-refractivity contribution in [2.24, 2.45) is 0 Å². The maximum Gasteiger partial charge on any atom is 0.213 e. The average Bonchev–Trinajstić information content (AvgIpc) is 3.26. The monoisotopic (exact) mass is 363 g/mol. The summed E-state index contributed by atoms with van der Waals surface area (Å²) in [4.78, 5) is 9.45. The van der Waals surface area contributed by atoms with Crippen LogP contribution in [0.2, 0.25) is 0 Å². The van der Waals surface area contributed by atoms with Gasteiger partial charge in [-0.15, -0.1) is 0 Å². The van der Waals surface area contributed by atoms with Crippen LogP contribution in [0.5, 0.6) is 11.5 Å². The normalized spacial score (nSPS) is 10.7. The molecule has 3 heterocycles. The number of hydrogen-bond acceptors (Lipinski definition) is 7. The molecule has 128 valence electrons.